The highest BCUT2D eigenvalue weighted by atomic mass is 79.9. The maximum absolute atomic E-state index is 5.78. The number of nitrogens with one attached hydrogen (secondary N) is 1. The van der Waals surface area contributed by atoms with Crippen LogP contribution >= 0.6 is 15.9 Å². The molecule has 0 aromatic heterocycles. The minimum atomic E-state index is 0.0404. The lowest BCUT2D eigenvalue weighted by atomic mass is 9.86. The van der Waals surface area contributed by atoms with E-state index in [1.54, 1.807) is 0 Å². The number of halogens is 1. The first-order valence-corrected chi connectivity index (χ1v) is 7.25. The second-order valence-corrected chi connectivity index (χ2v) is 6.10. The van der Waals surface area contributed by atoms with Crippen LogP contribution < -0.4 is 14.8 Å². The monoisotopic (exact) mass is 311 g/mol. The minimum absolute atomic E-state index is 0.0404. The number of ether oxygens (including phenoxy) is 2. The Balaban J connectivity index is 2.14. The van der Waals surface area contributed by atoms with Crippen molar-refractivity contribution in [3.63, 3.8) is 0 Å². The number of hydrogen-bond acceptors (Lipinski definition) is 3. The summed E-state index contributed by atoms with van der Waals surface area (Å²) in [7, 11) is 0. The van der Waals surface area contributed by atoms with E-state index in [1.165, 1.54) is 17.5 Å². The average Bonchev–Trinajstić information content (AvgIpc) is 2.77. The molecule has 0 saturated carbocycles. The summed E-state index contributed by atoms with van der Waals surface area (Å²) in [5.74, 6) is 1.77. The van der Waals surface area contributed by atoms with Gasteiger partial charge in [-0.15, -0.1) is 0 Å². The predicted octanol–water partition coefficient (Wildman–Crippen LogP) is 3.13. The lowest BCUT2D eigenvalue weighted by molar-refractivity contribution is 0.169. The molecule has 2 aliphatic rings. The van der Waals surface area contributed by atoms with Crippen molar-refractivity contribution in [2.45, 2.75) is 32.2 Å². The van der Waals surface area contributed by atoms with E-state index in [4.69, 9.17) is 9.47 Å². The zero-order valence-electron chi connectivity index (χ0n) is 10.8. The second-order valence-electron chi connectivity index (χ2n) is 5.25. The number of benzene rings is 1. The number of rotatable bonds is 1. The molecular weight excluding hydrogens is 294 g/mol. The Kier molecular flexibility index (Phi) is 3.02. The van der Waals surface area contributed by atoms with Gasteiger partial charge in [-0.1, -0.05) is 15.9 Å². The van der Waals surface area contributed by atoms with Gasteiger partial charge in [0, 0.05) is 15.6 Å². The largest absolute Gasteiger partial charge is 0.486 e. The van der Waals surface area contributed by atoms with Crippen molar-refractivity contribution in [1.29, 1.82) is 0 Å². The van der Waals surface area contributed by atoms with Gasteiger partial charge in [-0.3, -0.25) is 0 Å². The van der Waals surface area contributed by atoms with Crippen molar-refractivity contribution in [3.8, 4) is 11.5 Å². The minimum Gasteiger partial charge on any atom is -0.486 e. The molecule has 1 N–H and O–H groups in total. The van der Waals surface area contributed by atoms with Crippen LogP contribution in [0.25, 0.3) is 0 Å². The molecule has 4 heteroatoms. The maximum atomic E-state index is 5.78. The zero-order valence-corrected chi connectivity index (χ0v) is 12.4. The fourth-order valence-electron chi connectivity index (χ4n) is 3.10. The first-order valence-electron chi connectivity index (χ1n) is 6.46. The van der Waals surface area contributed by atoms with E-state index in [0.29, 0.717) is 13.2 Å². The highest BCUT2D eigenvalue weighted by Crippen LogP contribution is 2.45. The molecular formula is C14H18BrNO2. The van der Waals surface area contributed by atoms with E-state index in [-0.39, 0.29) is 5.54 Å². The Hall–Kier alpha value is -0.740. The van der Waals surface area contributed by atoms with Crippen molar-refractivity contribution < 1.29 is 9.47 Å². The summed E-state index contributed by atoms with van der Waals surface area (Å²) >= 11 is 3.70. The van der Waals surface area contributed by atoms with E-state index < -0.39 is 0 Å². The van der Waals surface area contributed by atoms with Gasteiger partial charge in [-0.2, -0.15) is 0 Å². The summed E-state index contributed by atoms with van der Waals surface area (Å²) in [4.78, 5) is 0. The summed E-state index contributed by atoms with van der Waals surface area (Å²) in [6, 6.07) is 2.04. The van der Waals surface area contributed by atoms with Crippen LogP contribution in [0.3, 0.4) is 0 Å². The highest BCUT2D eigenvalue weighted by molar-refractivity contribution is 9.10. The summed E-state index contributed by atoms with van der Waals surface area (Å²) in [5, 5.41) is 3.61. The lowest BCUT2D eigenvalue weighted by Gasteiger charge is -2.31. The van der Waals surface area contributed by atoms with Gasteiger partial charge in [0.25, 0.3) is 0 Å². The third kappa shape index (κ3) is 1.82. The number of hydrogen-bond donors (Lipinski definition) is 1. The van der Waals surface area contributed by atoms with Gasteiger partial charge in [0.1, 0.15) is 13.2 Å². The van der Waals surface area contributed by atoms with Crippen molar-refractivity contribution in [2.24, 2.45) is 0 Å². The van der Waals surface area contributed by atoms with Gasteiger partial charge >= 0.3 is 0 Å². The molecule has 3 rings (SSSR count). The molecule has 1 atom stereocenters. The van der Waals surface area contributed by atoms with E-state index >= 15 is 0 Å². The molecule has 0 amide bonds. The molecule has 3 nitrogen and oxygen atoms in total. The van der Waals surface area contributed by atoms with Crippen LogP contribution in [0, 0.1) is 6.92 Å². The average molecular weight is 312 g/mol. The molecule has 0 bridgehead atoms. The summed E-state index contributed by atoms with van der Waals surface area (Å²) < 4.78 is 12.6. The lowest BCUT2D eigenvalue weighted by Crippen LogP contribution is -2.34. The molecule has 1 unspecified atom stereocenters. The van der Waals surface area contributed by atoms with Crippen LogP contribution in [0.4, 0.5) is 0 Å². The standard InChI is InChI=1S/C14H18BrNO2/c1-9-12(14(2)4-3-5-16-14)10(15)8-11-13(9)18-7-6-17-11/h8,16H,3-7H2,1-2H3. The summed E-state index contributed by atoms with van der Waals surface area (Å²) in [5.41, 5.74) is 2.54. The molecule has 2 aliphatic heterocycles. The van der Waals surface area contributed by atoms with Gasteiger partial charge in [0.2, 0.25) is 0 Å². The van der Waals surface area contributed by atoms with Crippen LogP contribution in [-0.4, -0.2) is 19.8 Å². The van der Waals surface area contributed by atoms with E-state index in [9.17, 15) is 0 Å². The van der Waals surface area contributed by atoms with Gasteiger partial charge in [-0.25, -0.2) is 0 Å². The third-order valence-corrected chi connectivity index (χ3v) is 4.57. The molecule has 0 aliphatic carbocycles. The molecule has 1 aromatic carbocycles. The van der Waals surface area contributed by atoms with Crippen molar-refractivity contribution >= 4 is 15.9 Å². The van der Waals surface area contributed by atoms with Crippen molar-refractivity contribution in [1.82, 2.24) is 5.32 Å². The SMILES string of the molecule is Cc1c2c(cc(Br)c1C1(C)CCCN1)OCCO2. The summed E-state index contributed by atoms with van der Waals surface area (Å²) in [6.07, 6.45) is 2.38. The smallest absolute Gasteiger partial charge is 0.164 e. The fourth-order valence-corrected chi connectivity index (χ4v) is 4.04. The van der Waals surface area contributed by atoms with Gasteiger partial charge in [0.05, 0.1) is 0 Å². The summed E-state index contributed by atoms with van der Waals surface area (Å²) in [6.45, 7) is 6.74. The Morgan fingerprint density at radius 3 is 2.83 bits per heavy atom. The zero-order chi connectivity index (χ0) is 12.8. The molecule has 18 heavy (non-hydrogen) atoms. The predicted molar refractivity (Wildman–Crippen MR) is 74.5 cm³/mol. The Labute approximate surface area is 116 Å². The van der Waals surface area contributed by atoms with E-state index in [0.717, 1.165) is 28.9 Å². The number of fused-ring (bicyclic) bond motifs is 1. The molecule has 0 spiro atoms. The Morgan fingerprint density at radius 1 is 1.33 bits per heavy atom. The molecule has 98 valence electrons. The maximum Gasteiger partial charge on any atom is 0.164 e. The molecule has 1 aromatic rings. The van der Waals surface area contributed by atoms with Gasteiger partial charge in [-0.05, 0) is 44.9 Å². The Bertz CT molecular complexity index is 481. The van der Waals surface area contributed by atoms with Crippen molar-refractivity contribution in [2.75, 3.05) is 19.8 Å². The second kappa shape index (κ2) is 4.42. The first kappa shape index (κ1) is 12.3. The topological polar surface area (TPSA) is 30.5 Å². The third-order valence-electron chi connectivity index (χ3n) is 3.94. The van der Waals surface area contributed by atoms with E-state index in [1.807, 2.05) is 6.07 Å². The molecule has 1 saturated heterocycles. The van der Waals surface area contributed by atoms with E-state index in [2.05, 4.69) is 35.1 Å². The van der Waals surface area contributed by atoms with Crippen LogP contribution in [0.15, 0.2) is 10.5 Å². The first-order chi connectivity index (χ1) is 8.62. The quantitative estimate of drug-likeness (QED) is 0.864. The van der Waals surface area contributed by atoms with Gasteiger partial charge < -0.3 is 14.8 Å². The molecule has 0 radical (unpaired) electrons. The fraction of sp³-hybridized carbons (Fsp3) is 0.571. The van der Waals surface area contributed by atoms with Crippen LogP contribution in [0.1, 0.15) is 30.9 Å². The Morgan fingerprint density at radius 2 is 2.11 bits per heavy atom. The van der Waals surface area contributed by atoms with Crippen LogP contribution in [-0.2, 0) is 5.54 Å². The normalized spacial score (nSPS) is 26.4. The van der Waals surface area contributed by atoms with Crippen molar-refractivity contribution in [3.05, 3.63) is 21.7 Å². The molecule has 2 heterocycles. The van der Waals surface area contributed by atoms with Gasteiger partial charge in [0.15, 0.2) is 11.5 Å². The molecule has 1 fully saturated rings. The highest BCUT2D eigenvalue weighted by Gasteiger charge is 2.35. The van der Waals surface area contributed by atoms with Crippen LogP contribution in [0.2, 0.25) is 0 Å². The van der Waals surface area contributed by atoms with Crippen LogP contribution in [0.5, 0.6) is 11.5 Å².